The Kier molecular flexibility index (Phi) is 7.17. The van der Waals surface area contributed by atoms with Crippen molar-refractivity contribution >= 4 is 23.8 Å². The van der Waals surface area contributed by atoms with Crippen molar-refractivity contribution in [2.75, 3.05) is 14.2 Å². The Balaban J connectivity index is 3.16. The molecule has 142 valence electrons. The first kappa shape index (κ1) is 21.0. The Morgan fingerprint density at radius 3 is 2.08 bits per heavy atom. The predicted molar refractivity (Wildman–Crippen MR) is 81.9 cm³/mol. The topological polar surface area (TPSA) is 119 Å². The Morgan fingerprint density at radius 2 is 1.62 bits per heavy atom. The van der Waals surface area contributed by atoms with Gasteiger partial charge < -0.3 is 19.9 Å². The SMILES string of the molecule is COC(=O)C(C(=O)OC)[C@H](C)[C@@H](NC(=O)c1cccc(F)c1F)C(=O)O. The fourth-order valence-corrected chi connectivity index (χ4v) is 2.29. The van der Waals surface area contributed by atoms with Gasteiger partial charge in [0.25, 0.3) is 5.91 Å². The predicted octanol–water partition coefficient (Wildman–Crippen LogP) is 0.746. The second-order valence-electron chi connectivity index (χ2n) is 5.27. The summed E-state index contributed by atoms with van der Waals surface area (Å²) < 4.78 is 35.8. The molecule has 0 saturated carbocycles. The maximum Gasteiger partial charge on any atom is 0.326 e. The molecule has 1 amide bonds. The van der Waals surface area contributed by atoms with Crippen LogP contribution in [-0.2, 0) is 23.9 Å². The van der Waals surface area contributed by atoms with Gasteiger partial charge in [-0.15, -0.1) is 0 Å². The van der Waals surface area contributed by atoms with Crippen molar-refractivity contribution in [1.29, 1.82) is 0 Å². The molecule has 0 saturated heterocycles. The lowest BCUT2D eigenvalue weighted by molar-refractivity contribution is -0.162. The standard InChI is InChI=1S/C16H17F2NO7/c1-7(10(15(23)25-2)16(24)26-3)12(14(21)22)19-13(20)8-5-4-6-9(17)11(8)18/h4-7,10,12H,1-3H3,(H,19,20)(H,21,22)/t7-,12+/m0/s1. The van der Waals surface area contributed by atoms with Crippen LogP contribution < -0.4 is 5.32 Å². The lowest BCUT2D eigenvalue weighted by Gasteiger charge is -2.26. The number of carbonyl (C=O) groups excluding carboxylic acids is 3. The molecule has 0 radical (unpaired) electrons. The summed E-state index contributed by atoms with van der Waals surface area (Å²) in [6.45, 7) is 1.19. The van der Waals surface area contributed by atoms with Crippen molar-refractivity contribution in [2.24, 2.45) is 11.8 Å². The van der Waals surface area contributed by atoms with Crippen LogP contribution in [0.2, 0.25) is 0 Å². The molecule has 1 rings (SSSR count). The van der Waals surface area contributed by atoms with E-state index in [2.05, 4.69) is 9.47 Å². The zero-order valence-electron chi connectivity index (χ0n) is 14.1. The number of hydrogen-bond acceptors (Lipinski definition) is 6. The summed E-state index contributed by atoms with van der Waals surface area (Å²) in [5, 5.41) is 11.3. The van der Waals surface area contributed by atoms with Crippen molar-refractivity contribution < 1.29 is 42.5 Å². The van der Waals surface area contributed by atoms with E-state index in [1.807, 2.05) is 5.32 Å². The fourth-order valence-electron chi connectivity index (χ4n) is 2.29. The quantitative estimate of drug-likeness (QED) is 0.535. The average Bonchev–Trinajstić information content (AvgIpc) is 2.60. The van der Waals surface area contributed by atoms with E-state index >= 15 is 0 Å². The third-order valence-corrected chi connectivity index (χ3v) is 3.71. The van der Waals surface area contributed by atoms with Gasteiger partial charge in [-0.1, -0.05) is 13.0 Å². The summed E-state index contributed by atoms with van der Waals surface area (Å²) in [6, 6.07) is 1.02. The molecule has 0 unspecified atom stereocenters. The smallest absolute Gasteiger partial charge is 0.326 e. The van der Waals surface area contributed by atoms with E-state index in [0.29, 0.717) is 0 Å². The van der Waals surface area contributed by atoms with Crippen molar-refractivity contribution in [3.8, 4) is 0 Å². The maximum atomic E-state index is 13.7. The van der Waals surface area contributed by atoms with Gasteiger partial charge in [-0.05, 0) is 12.1 Å². The lowest BCUT2D eigenvalue weighted by atomic mass is 9.87. The summed E-state index contributed by atoms with van der Waals surface area (Å²) >= 11 is 0. The van der Waals surface area contributed by atoms with Gasteiger partial charge in [-0.2, -0.15) is 0 Å². The van der Waals surface area contributed by atoms with E-state index in [-0.39, 0.29) is 0 Å². The molecule has 2 N–H and O–H groups in total. The van der Waals surface area contributed by atoms with Crippen molar-refractivity contribution in [1.82, 2.24) is 5.32 Å². The Labute approximate surface area is 147 Å². The van der Waals surface area contributed by atoms with Crippen LogP contribution in [0.1, 0.15) is 17.3 Å². The van der Waals surface area contributed by atoms with Crippen LogP contribution in [0.15, 0.2) is 18.2 Å². The Morgan fingerprint density at radius 1 is 1.08 bits per heavy atom. The molecule has 10 heteroatoms. The number of benzene rings is 1. The molecule has 0 spiro atoms. The molecule has 26 heavy (non-hydrogen) atoms. The number of esters is 2. The average molecular weight is 373 g/mol. The molecule has 0 aliphatic heterocycles. The Bertz CT molecular complexity index is 707. The largest absolute Gasteiger partial charge is 0.480 e. The summed E-state index contributed by atoms with van der Waals surface area (Å²) in [4.78, 5) is 47.2. The molecule has 0 aromatic heterocycles. The highest BCUT2D eigenvalue weighted by atomic mass is 19.2. The fraction of sp³-hybridized carbons (Fsp3) is 0.375. The molecular weight excluding hydrogens is 356 g/mol. The lowest BCUT2D eigenvalue weighted by Crippen LogP contribution is -2.50. The van der Waals surface area contributed by atoms with E-state index in [1.54, 1.807) is 0 Å². The number of methoxy groups -OCH3 is 2. The van der Waals surface area contributed by atoms with E-state index in [0.717, 1.165) is 32.4 Å². The number of carboxylic acid groups (broad SMARTS) is 1. The first-order valence-corrected chi connectivity index (χ1v) is 7.29. The minimum Gasteiger partial charge on any atom is -0.480 e. The summed E-state index contributed by atoms with van der Waals surface area (Å²) in [5.41, 5.74) is -0.726. The molecule has 1 aromatic carbocycles. The maximum absolute atomic E-state index is 13.7. The third kappa shape index (κ3) is 4.52. The number of carbonyl (C=O) groups is 4. The van der Waals surface area contributed by atoms with Gasteiger partial charge >= 0.3 is 17.9 Å². The van der Waals surface area contributed by atoms with Gasteiger partial charge in [-0.3, -0.25) is 14.4 Å². The molecule has 0 heterocycles. The Hall–Kier alpha value is -3.04. The van der Waals surface area contributed by atoms with Crippen molar-refractivity contribution in [3.05, 3.63) is 35.4 Å². The van der Waals surface area contributed by atoms with Crippen LogP contribution in [-0.4, -0.2) is 49.2 Å². The summed E-state index contributed by atoms with van der Waals surface area (Å²) in [5.74, 6) is -10.7. The number of hydrogen-bond donors (Lipinski definition) is 2. The van der Waals surface area contributed by atoms with E-state index in [9.17, 15) is 33.1 Å². The van der Waals surface area contributed by atoms with E-state index < -0.39 is 58.9 Å². The molecule has 0 bridgehead atoms. The van der Waals surface area contributed by atoms with Crippen LogP contribution >= 0.6 is 0 Å². The van der Waals surface area contributed by atoms with Gasteiger partial charge in [0.15, 0.2) is 17.6 Å². The molecule has 2 atom stereocenters. The summed E-state index contributed by atoms with van der Waals surface area (Å²) in [7, 11) is 1.98. The molecular formula is C16H17F2NO7. The van der Waals surface area contributed by atoms with Gasteiger partial charge in [0, 0.05) is 5.92 Å². The monoisotopic (exact) mass is 373 g/mol. The minimum absolute atomic E-state index is 0.726. The van der Waals surface area contributed by atoms with Crippen LogP contribution in [0, 0.1) is 23.5 Å². The third-order valence-electron chi connectivity index (χ3n) is 3.71. The number of rotatable bonds is 7. The van der Waals surface area contributed by atoms with Gasteiger partial charge in [0.05, 0.1) is 19.8 Å². The molecule has 0 aliphatic carbocycles. The first-order valence-electron chi connectivity index (χ1n) is 7.29. The van der Waals surface area contributed by atoms with Crippen LogP contribution in [0.5, 0.6) is 0 Å². The zero-order valence-corrected chi connectivity index (χ0v) is 14.1. The molecule has 8 nitrogen and oxygen atoms in total. The zero-order chi connectivity index (χ0) is 20.0. The second kappa shape index (κ2) is 8.88. The van der Waals surface area contributed by atoms with Crippen molar-refractivity contribution in [3.63, 3.8) is 0 Å². The molecule has 1 aromatic rings. The highest BCUT2D eigenvalue weighted by molar-refractivity contribution is 5.99. The second-order valence-corrected chi connectivity index (χ2v) is 5.27. The van der Waals surface area contributed by atoms with Gasteiger partial charge in [0.2, 0.25) is 0 Å². The number of carboxylic acids is 1. The first-order chi connectivity index (χ1) is 12.1. The number of ether oxygens (including phenoxy) is 2. The van der Waals surface area contributed by atoms with Crippen LogP contribution in [0.4, 0.5) is 8.78 Å². The highest BCUT2D eigenvalue weighted by Crippen LogP contribution is 2.21. The normalized spacial score (nSPS) is 12.8. The van der Waals surface area contributed by atoms with Gasteiger partial charge in [-0.25, -0.2) is 13.6 Å². The highest BCUT2D eigenvalue weighted by Gasteiger charge is 2.42. The molecule has 0 fully saturated rings. The van der Waals surface area contributed by atoms with Crippen LogP contribution in [0.25, 0.3) is 0 Å². The minimum atomic E-state index is -1.78. The van der Waals surface area contributed by atoms with Gasteiger partial charge in [0.1, 0.15) is 6.04 Å². The van der Waals surface area contributed by atoms with Crippen molar-refractivity contribution in [2.45, 2.75) is 13.0 Å². The summed E-state index contributed by atoms with van der Waals surface area (Å²) in [6.07, 6.45) is 0. The number of halogens is 2. The van der Waals surface area contributed by atoms with Crippen LogP contribution in [0.3, 0.4) is 0 Å². The number of aliphatic carboxylic acids is 1. The number of nitrogens with one attached hydrogen (secondary N) is 1. The number of amides is 1. The van der Waals surface area contributed by atoms with E-state index in [4.69, 9.17) is 0 Å². The molecule has 0 aliphatic rings. The van der Waals surface area contributed by atoms with E-state index in [1.165, 1.54) is 6.92 Å².